The van der Waals surface area contributed by atoms with Crippen LogP contribution in [0.25, 0.3) is 0 Å². The summed E-state index contributed by atoms with van der Waals surface area (Å²) in [6.45, 7) is 7.00. The van der Waals surface area contributed by atoms with E-state index in [1.54, 1.807) is 31.2 Å². The van der Waals surface area contributed by atoms with Crippen molar-refractivity contribution in [3.63, 3.8) is 0 Å². The van der Waals surface area contributed by atoms with Crippen LogP contribution in [0.5, 0.6) is 11.5 Å². The summed E-state index contributed by atoms with van der Waals surface area (Å²) in [5.74, 6) is 0.618. The van der Waals surface area contributed by atoms with Crippen molar-refractivity contribution >= 4 is 17.5 Å². The molecule has 6 nitrogen and oxygen atoms in total. The Bertz CT molecular complexity index is 557. The van der Waals surface area contributed by atoms with E-state index in [2.05, 4.69) is 11.9 Å². The van der Waals surface area contributed by atoms with Gasteiger partial charge in [0.15, 0.2) is 11.5 Å². The molecule has 6 heteroatoms. The zero-order valence-corrected chi connectivity index (χ0v) is 13.4. The van der Waals surface area contributed by atoms with Gasteiger partial charge in [0.1, 0.15) is 6.04 Å². The Labute approximate surface area is 130 Å². The number of anilines is 1. The second kappa shape index (κ2) is 8.07. The summed E-state index contributed by atoms with van der Waals surface area (Å²) in [6, 6.07) is 4.46. The molecule has 0 saturated carbocycles. The third-order valence-corrected chi connectivity index (χ3v) is 3.23. The molecule has 1 aromatic carbocycles. The van der Waals surface area contributed by atoms with Gasteiger partial charge < -0.3 is 19.7 Å². The van der Waals surface area contributed by atoms with Crippen LogP contribution in [0.3, 0.4) is 0 Å². The van der Waals surface area contributed by atoms with Crippen LogP contribution in [0.4, 0.5) is 5.69 Å². The molecule has 1 aromatic rings. The number of nitrogens with one attached hydrogen (secondary N) is 1. The molecular weight excluding hydrogens is 284 g/mol. The van der Waals surface area contributed by atoms with Crippen LogP contribution in [0.2, 0.25) is 0 Å². The van der Waals surface area contributed by atoms with Crippen molar-refractivity contribution in [3.05, 3.63) is 30.9 Å². The van der Waals surface area contributed by atoms with Crippen molar-refractivity contribution in [2.24, 2.45) is 0 Å². The van der Waals surface area contributed by atoms with Gasteiger partial charge in [0.25, 0.3) is 0 Å². The van der Waals surface area contributed by atoms with Crippen LogP contribution in [-0.2, 0) is 9.59 Å². The van der Waals surface area contributed by atoms with Gasteiger partial charge in [0, 0.05) is 25.2 Å². The number of ether oxygens (including phenoxy) is 2. The van der Waals surface area contributed by atoms with Crippen molar-refractivity contribution in [1.82, 2.24) is 4.90 Å². The van der Waals surface area contributed by atoms with Crippen LogP contribution in [0, 0.1) is 0 Å². The fraction of sp³-hybridized carbons (Fsp3) is 0.375. The van der Waals surface area contributed by atoms with Gasteiger partial charge in [-0.3, -0.25) is 9.59 Å². The number of hydrogen-bond donors (Lipinski definition) is 1. The Hall–Kier alpha value is -2.50. The molecule has 0 bridgehead atoms. The number of benzene rings is 1. The van der Waals surface area contributed by atoms with Crippen LogP contribution in [0.15, 0.2) is 30.9 Å². The lowest BCUT2D eigenvalue weighted by atomic mass is 10.2. The second-order valence-electron chi connectivity index (χ2n) is 4.70. The zero-order chi connectivity index (χ0) is 16.7. The molecule has 120 valence electrons. The van der Waals surface area contributed by atoms with Gasteiger partial charge in [-0.1, -0.05) is 6.08 Å². The van der Waals surface area contributed by atoms with E-state index in [9.17, 15) is 9.59 Å². The molecule has 0 fully saturated rings. The summed E-state index contributed by atoms with van der Waals surface area (Å²) < 4.78 is 10.3. The van der Waals surface area contributed by atoms with Gasteiger partial charge in [-0.2, -0.15) is 0 Å². The van der Waals surface area contributed by atoms with Crippen LogP contribution in [0.1, 0.15) is 13.8 Å². The highest BCUT2D eigenvalue weighted by Gasteiger charge is 2.22. The molecule has 2 amide bonds. The predicted molar refractivity (Wildman–Crippen MR) is 85.2 cm³/mol. The van der Waals surface area contributed by atoms with Crippen LogP contribution < -0.4 is 14.8 Å². The maximum atomic E-state index is 12.3. The monoisotopic (exact) mass is 306 g/mol. The quantitative estimate of drug-likeness (QED) is 0.783. The van der Waals surface area contributed by atoms with E-state index in [0.717, 1.165) is 0 Å². The predicted octanol–water partition coefficient (Wildman–Crippen LogP) is 2.07. The lowest BCUT2D eigenvalue weighted by molar-refractivity contribution is -0.135. The lowest BCUT2D eigenvalue weighted by Crippen LogP contribution is -2.44. The second-order valence-corrected chi connectivity index (χ2v) is 4.70. The molecule has 0 aliphatic heterocycles. The minimum Gasteiger partial charge on any atom is -0.493 e. The topological polar surface area (TPSA) is 67.9 Å². The number of hydrogen-bond acceptors (Lipinski definition) is 4. The first kappa shape index (κ1) is 17.6. The Morgan fingerprint density at radius 1 is 1.32 bits per heavy atom. The first-order valence-electron chi connectivity index (χ1n) is 6.85. The highest BCUT2D eigenvalue weighted by molar-refractivity contribution is 5.96. The highest BCUT2D eigenvalue weighted by Crippen LogP contribution is 2.29. The van der Waals surface area contributed by atoms with E-state index in [1.807, 2.05) is 0 Å². The number of methoxy groups -OCH3 is 2. The van der Waals surface area contributed by atoms with E-state index >= 15 is 0 Å². The van der Waals surface area contributed by atoms with E-state index < -0.39 is 6.04 Å². The van der Waals surface area contributed by atoms with Crippen molar-refractivity contribution in [1.29, 1.82) is 0 Å². The summed E-state index contributed by atoms with van der Waals surface area (Å²) >= 11 is 0. The van der Waals surface area contributed by atoms with Crippen LogP contribution in [-0.4, -0.2) is 43.5 Å². The van der Waals surface area contributed by atoms with E-state index in [4.69, 9.17) is 9.47 Å². The SMILES string of the molecule is C=CCN(C(C)=O)C(C)C(=O)Nc1ccc(OC)c(OC)c1. The molecule has 0 saturated heterocycles. The van der Waals surface area contributed by atoms with Crippen molar-refractivity contribution in [3.8, 4) is 11.5 Å². The molecule has 0 radical (unpaired) electrons. The third kappa shape index (κ3) is 4.25. The number of rotatable bonds is 7. The van der Waals surface area contributed by atoms with Gasteiger partial charge in [-0.15, -0.1) is 6.58 Å². The summed E-state index contributed by atoms with van der Waals surface area (Å²) in [4.78, 5) is 25.3. The van der Waals surface area contributed by atoms with E-state index in [0.29, 0.717) is 23.7 Å². The molecule has 1 rings (SSSR count). The molecular formula is C16H22N2O4. The maximum absolute atomic E-state index is 12.3. The van der Waals surface area contributed by atoms with E-state index in [1.165, 1.54) is 26.0 Å². The molecule has 1 unspecified atom stereocenters. The standard InChI is InChI=1S/C16H22N2O4/c1-6-9-18(12(3)19)11(2)16(20)17-13-7-8-14(21-4)15(10-13)22-5/h6-8,10-11H,1,9H2,2-5H3,(H,17,20). The van der Waals surface area contributed by atoms with Crippen molar-refractivity contribution in [2.75, 3.05) is 26.1 Å². The Morgan fingerprint density at radius 2 is 1.95 bits per heavy atom. The largest absolute Gasteiger partial charge is 0.493 e. The van der Waals surface area contributed by atoms with Gasteiger partial charge in [0.05, 0.1) is 14.2 Å². The molecule has 1 N–H and O–H groups in total. The molecule has 1 atom stereocenters. The van der Waals surface area contributed by atoms with Crippen molar-refractivity contribution in [2.45, 2.75) is 19.9 Å². The third-order valence-electron chi connectivity index (χ3n) is 3.23. The van der Waals surface area contributed by atoms with Crippen molar-refractivity contribution < 1.29 is 19.1 Å². The summed E-state index contributed by atoms with van der Waals surface area (Å²) in [5, 5.41) is 2.76. The minimum absolute atomic E-state index is 0.185. The maximum Gasteiger partial charge on any atom is 0.246 e. The number of carbonyl (C=O) groups excluding carboxylic acids is 2. The molecule has 0 spiro atoms. The van der Waals surface area contributed by atoms with E-state index in [-0.39, 0.29) is 11.8 Å². The fourth-order valence-electron chi connectivity index (χ4n) is 2.00. The lowest BCUT2D eigenvalue weighted by Gasteiger charge is -2.26. The molecule has 0 heterocycles. The van der Waals surface area contributed by atoms with Gasteiger partial charge in [-0.05, 0) is 19.1 Å². The summed E-state index contributed by atoms with van der Waals surface area (Å²) in [5.41, 5.74) is 0.566. The molecule has 22 heavy (non-hydrogen) atoms. The molecule has 0 aliphatic carbocycles. The zero-order valence-electron chi connectivity index (χ0n) is 13.4. The Morgan fingerprint density at radius 3 is 2.45 bits per heavy atom. The van der Waals surface area contributed by atoms with Gasteiger partial charge >= 0.3 is 0 Å². The number of nitrogens with zero attached hydrogens (tertiary/aromatic N) is 1. The first-order chi connectivity index (χ1) is 10.4. The van der Waals surface area contributed by atoms with Gasteiger partial charge in [0.2, 0.25) is 11.8 Å². The Kier molecular flexibility index (Phi) is 6.44. The smallest absolute Gasteiger partial charge is 0.246 e. The highest BCUT2D eigenvalue weighted by atomic mass is 16.5. The average Bonchev–Trinajstić information content (AvgIpc) is 2.51. The fourth-order valence-corrected chi connectivity index (χ4v) is 2.00. The first-order valence-corrected chi connectivity index (χ1v) is 6.85. The number of carbonyl (C=O) groups is 2. The minimum atomic E-state index is -0.608. The molecule has 0 aliphatic rings. The Balaban J connectivity index is 2.87. The van der Waals surface area contributed by atoms with Crippen LogP contribution >= 0.6 is 0 Å². The molecule has 0 aromatic heterocycles. The average molecular weight is 306 g/mol. The van der Waals surface area contributed by atoms with Gasteiger partial charge in [-0.25, -0.2) is 0 Å². The summed E-state index contributed by atoms with van der Waals surface area (Å²) in [7, 11) is 3.06. The normalized spacial score (nSPS) is 11.3. The summed E-state index contributed by atoms with van der Waals surface area (Å²) in [6.07, 6.45) is 1.58. The number of amides is 2.